The molecule has 0 N–H and O–H groups in total. The van der Waals surface area contributed by atoms with Gasteiger partial charge in [-0.25, -0.2) is 0 Å². The van der Waals surface area contributed by atoms with Gasteiger partial charge in [0.2, 0.25) is 0 Å². The van der Waals surface area contributed by atoms with Gasteiger partial charge in [-0.15, -0.1) is 34.0 Å². The van der Waals surface area contributed by atoms with E-state index in [9.17, 15) is 0 Å². The van der Waals surface area contributed by atoms with Crippen LogP contribution in [0, 0.1) is 13.8 Å². The van der Waals surface area contributed by atoms with Gasteiger partial charge in [0.1, 0.15) is 0 Å². The Morgan fingerprint density at radius 3 is 1.10 bits per heavy atom. The van der Waals surface area contributed by atoms with E-state index in [0.29, 0.717) is 0 Å². The molecule has 10 heavy (non-hydrogen) atoms. The van der Waals surface area contributed by atoms with Crippen molar-refractivity contribution in [1.82, 2.24) is 0 Å². The molecule has 0 aromatic heterocycles. The van der Waals surface area contributed by atoms with Gasteiger partial charge in [-0.2, -0.15) is 0 Å². The van der Waals surface area contributed by atoms with E-state index in [1.54, 1.807) is 0 Å². The molecule has 0 spiro atoms. The minimum Gasteiger partial charge on any atom is -0.114 e. The Morgan fingerprint density at radius 2 is 0.900 bits per heavy atom. The topological polar surface area (TPSA) is 0 Å². The summed E-state index contributed by atoms with van der Waals surface area (Å²) in [6.07, 6.45) is 0. The molecular formula is C8H12Br2. The number of benzene rings is 1. The lowest BCUT2D eigenvalue weighted by Crippen LogP contribution is -1.70. The first-order valence-electron chi connectivity index (χ1n) is 2.82. The van der Waals surface area contributed by atoms with Crippen LogP contribution in [-0.4, -0.2) is 0 Å². The Kier molecular flexibility index (Phi) is 7.60. The highest BCUT2D eigenvalue weighted by molar-refractivity contribution is 8.93. The van der Waals surface area contributed by atoms with E-state index in [0.717, 1.165) is 0 Å². The van der Waals surface area contributed by atoms with E-state index in [-0.39, 0.29) is 34.0 Å². The lowest BCUT2D eigenvalue weighted by atomic mass is 10.2. The number of aryl methyl sites for hydroxylation is 2. The van der Waals surface area contributed by atoms with Crippen molar-refractivity contribution < 1.29 is 0 Å². The third kappa shape index (κ3) is 4.07. The first kappa shape index (κ1) is 12.8. The van der Waals surface area contributed by atoms with Gasteiger partial charge in [0.15, 0.2) is 0 Å². The van der Waals surface area contributed by atoms with E-state index in [1.165, 1.54) is 11.1 Å². The maximum absolute atomic E-state index is 2.12. The summed E-state index contributed by atoms with van der Waals surface area (Å²) < 4.78 is 0. The molecule has 0 radical (unpaired) electrons. The van der Waals surface area contributed by atoms with E-state index < -0.39 is 0 Å². The third-order valence-electron chi connectivity index (χ3n) is 1.22. The molecule has 0 aliphatic rings. The minimum absolute atomic E-state index is 0. The second-order valence-electron chi connectivity index (χ2n) is 2.15. The Balaban J connectivity index is 0. The van der Waals surface area contributed by atoms with Gasteiger partial charge in [0.25, 0.3) is 0 Å². The highest BCUT2D eigenvalue weighted by atomic mass is 79.9. The molecule has 1 aromatic rings. The van der Waals surface area contributed by atoms with Gasteiger partial charge < -0.3 is 0 Å². The quantitative estimate of drug-likeness (QED) is 0.676. The average molecular weight is 268 g/mol. The first-order chi connectivity index (χ1) is 3.79. The lowest BCUT2D eigenvalue weighted by molar-refractivity contribution is 1.40. The van der Waals surface area contributed by atoms with Crippen molar-refractivity contribution in [1.29, 1.82) is 0 Å². The van der Waals surface area contributed by atoms with Crippen molar-refractivity contribution in [2.45, 2.75) is 13.8 Å². The van der Waals surface area contributed by atoms with E-state index in [2.05, 4.69) is 38.1 Å². The molecule has 0 nitrogen and oxygen atoms in total. The van der Waals surface area contributed by atoms with Crippen LogP contribution >= 0.6 is 34.0 Å². The highest BCUT2D eigenvalue weighted by Crippen LogP contribution is 1.99. The van der Waals surface area contributed by atoms with E-state index in [4.69, 9.17) is 0 Å². The lowest BCUT2D eigenvalue weighted by Gasteiger charge is -1.90. The van der Waals surface area contributed by atoms with Crippen molar-refractivity contribution in [2.24, 2.45) is 0 Å². The molecule has 1 rings (SSSR count). The monoisotopic (exact) mass is 266 g/mol. The minimum atomic E-state index is 0. The molecule has 0 atom stereocenters. The zero-order valence-corrected chi connectivity index (χ0v) is 9.55. The summed E-state index contributed by atoms with van der Waals surface area (Å²) in [4.78, 5) is 0. The zero-order valence-electron chi connectivity index (χ0n) is 6.13. The fourth-order valence-electron chi connectivity index (χ4n) is 0.637. The summed E-state index contributed by atoms with van der Waals surface area (Å²) in [7, 11) is 0. The predicted molar refractivity (Wildman–Crippen MR) is 56.6 cm³/mol. The molecular weight excluding hydrogens is 256 g/mol. The third-order valence-corrected chi connectivity index (χ3v) is 1.22. The summed E-state index contributed by atoms with van der Waals surface area (Å²) in [6.45, 7) is 4.19. The second kappa shape index (κ2) is 5.93. The molecule has 0 unspecified atom stereocenters. The molecule has 1 aromatic carbocycles. The molecule has 58 valence electrons. The van der Waals surface area contributed by atoms with Crippen molar-refractivity contribution in [2.75, 3.05) is 0 Å². The van der Waals surface area contributed by atoms with E-state index in [1.807, 2.05) is 0 Å². The maximum Gasteiger partial charge on any atom is -0.0398 e. The summed E-state index contributed by atoms with van der Waals surface area (Å²) in [5, 5.41) is 0. The molecule has 0 heterocycles. The molecule has 0 fully saturated rings. The van der Waals surface area contributed by atoms with Crippen LogP contribution in [0.25, 0.3) is 0 Å². The highest BCUT2D eigenvalue weighted by Gasteiger charge is 1.79. The largest absolute Gasteiger partial charge is 0.114 e. The summed E-state index contributed by atoms with van der Waals surface area (Å²) in [5.41, 5.74) is 2.66. The van der Waals surface area contributed by atoms with Crippen LogP contribution < -0.4 is 0 Å². The van der Waals surface area contributed by atoms with Gasteiger partial charge in [-0.1, -0.05) is 35.4 Å². The standard InChI is InChI=1S/C8H10.2BrH/c1-7-3-5-8(2)6-4-7;;/h3-6H,1-2H3;2*1H. The SMILES string of the molecule is Br.Br.Cc1ccc(C)cc1. The van der Waals surface area contributed by atoms with Gasteiger partial charge >= 0.3 is 0 Å². The van der Waals surface area contributed by atoms with Gasteiger partial charge in [-0.05, 0) is 13.8 Å². The van der Waals surface area contributed by atoms with Crippen molar-refractivity contribution >= 4 is 34.0 Å². The molecule has 0 bridgehead atoms. The van der Waals surface area contributed by atoms with Crippen molar-refractivity contribution in [3.63, 3.8) is 0 Å². The average Bonchev–Trinajstić information content (AvgIpc) is 1.77. The van der Waals surface area contributed by atoms with Crippen LogP contribution in [0.4, 0.5) is 0 Å². The Bertz CT molecular complexity index is 146. The van der Waals surface area contributed by atoms with Gasteiger partial charge in [0, 0.05) is 0 Å². The number of rotatable bonds is 0. The van der Waals surface area contributed by atoms with Crippen LogP contribution in [0.15, 0.2) is 24.3 Å². The van der Waals surface area contributed by atoms with Gasteiger partial charge in [-0.3, -0.25) is 0 Å². The molecule has 2 heteroatoms. The van der Waals surface area contributed by atoms with Crippen molar-refractivity contribution in [3.8, 4) is 0 Å². The van der Waals surface area contributed by atoms with Crippen molar-refractivity contribution in [3.05, 3.63) is 35.4 Å². The normalized spacial score (nSPS) is 7.40. The van der Waals surface area contributed by atoms with Crippen LogP contribution in [0.3, 0.4) is 0 Å². The molecule has 0 saturated heterocycles. The number of hydrogen-bond acceptors (Lipinski definition) is 0. The summed E-state index contributed by atoms with van der Waals surface area (Å²) in [5.74, 6) is 0. The summed E-state index contributed by atoms with van der Waals surface area (Å²) >= 11 is 0. The molecule has 0 aliphatic heterocycles. The van der Waals surface area contributed by atoms with Crippen LogP contribution in [0.2, 0.25) is 0 Å². The summed E-state index contributed by atoms with van der Waals surface area (Å²) in [6, 6.07) is 8.48. The predicted octanol–water partition coefficient (Wildman–Crippen LogP) is 3.46. The smallest absolute Gasteiger partial charge is 0.0398 e. The first-order valence-corrected chi connectivity index (χ1v) is 2.82. The number of hydrogen-bond donors (Lipinski definition) is 0. The molecule has 0 saturated carbocycles. The van der Waals surface area contributed by atoms with Crippen LogP contribution in [0.5, 0.6) is 0 Å². The molecule has 0 amide bonds. The number of halogens is 2. The van der Waals surface area contributed by atoms with E-state index >= 15 is 0 Å². The fraction of sp³-hybridized carbons (Fsp3) is 0.250. The Hall–Kier alpha value is 0.180. The second-order valence-corrected chi connectivity index (χ2v) is 2.15. The fourth-order valence-corrected chi connectivity index (χ4v) is 0.637. The van der Waals surface area contributed by atoms with Crippen LogP contribution in [0.1, 0.15) is 11.1 Å². The Morgan fingerprint density at radius 1 is 0.700 bits per heavy atom. The maximum atomic E-state index is 2.12. The molecule has 0 aliphatic carbocycles. The van der Waals surface area contributed by atoms with Crippen LogP contribution in [-0.2, 0) is 0 Å². The zero-order chi connectivity index (χ0) is 5.98. The Labute approximate surface area is 83.2 Å². The van der Waals surface area contributed by atoms with Gasteiger partial charge in [0.05, 0.1) is 0 Å².